The number of carbonyl (C=O) groups is 1. The minimum Gasteiger partial charge on any atom is -0.392 e. The molecule has 0 unspecified atom stereocenters. The van der Waals surface area contributed by atoms with E-state index in [0.717, 1.165) is 30.2 Å². The molecule has 0 aliphatic heterocycles. The first kappa shape index (κ1) is 17.0. The van der Waals surface area contributed by atoms with Crippen molar-refractivity contribution in [2.75, 3.05) is 5.32 Å². The molecule has 2 atom stereocenters. The molecule has 2 aliphatic rings. The van der Waals surface area contributed by atoms with Crippen molar-refractivity contribution < 1.29 is 18.7 Å². The molecule has 0 bridgehead atoms. The molecule has 1 aromatic carbocycles. The van der Waals surface area contributed by atoms with Crippen LogP contribution in [0.3, 0.4) is 0 Å². The summed E-state index contributed by atoms with van der Waals surface area (Å²) in [4.78, 5) is 16.8. The highest BCUT2D eigenvalue weighted by Crippen LogP contribution is 2.57. The zero-order chi connectivity index (χ0) is 19.4. The zero-order valence-corrected chi connectivity index (χ0v) is 14.7. The molecular weight excluding hydrogens is 366 g/mol. The fourth-order valence-corrected chi connectivity index (χ4v) is 3.99. The molecule has 142 valence electrons. The van der Waals surface area contributed by atoms with E-state index in [4.69, 9.17) is 0 Å². The van der Waals surface area contributed by atoms with Gasteiger partial charge >= 0.3 is 0 Å². The Labute approximate surface area is 158 Å². The summed E-state index contributed by atoms with van der Waals surface area (Å²) < 4.78 is 29.1. The number of pyridine rings is 1. The standard InChI is InChI=1S/C20H16F2N4O2/c21-12-1-2-17(15(22)7-12)26-19-13-5-10(13)6-14(19)18(25-26)20(28)24-16-3-4-23-8-11(16)9-27/h1-4,7-8,10,13,27H,5-6,9H2,(H,23,24,28)/t10-,13-/m1/s1. The van der Waals surface area contributed by atoms with E-state index in [1.165, 1.54) is 29.2 Å². The normalized spacial score (nSPS) is 19.2. The van der Waals surface area contributed by atoms with Crippen LogP contribution in [0.5, 0.6) is 0 Å². The molecule has 28 heavy (non-hydrogen) atoms. The smallest absolute Gasteiger partial charge is 0.276 e. The van der Waals surface area contributed by atoms with Crippen LogP contribution in [0, 0.1) is 17.6 Å². The SMILES string of the molecule is O=C(Nc1ccncc1CO)c1nn(-c2ccc(F)cc2F)c2c1C[C@H]1C[C@@H]21. The third-order valence-electron chi connectivity index (χ3n) is 5.44. The molecule has 2 heterocycles. The molecule has 0 radical (unpaired) electrons. The van der Waals surface area contributed by atoms with Crippen molar-refractivity contribution in [2.45, 2.75) is 25.4 Å². The number of hydrogen-bond donors (Lipinski definition) is 2. The van der Waals surface area contributed by atoms with Crippen molar-refractivity contribution in [2.24, 2.45) is 5.92 Å². The van der Waals surface area contributed by atoms with E-state index < -0.39 is 17.5 Å². The summed E-state index contributed by atoms with van der Waals surface area (Å²) in [6.07, 6.45) is 4.69. The predicted molar refractivity (Wildman–Crippen MR) is 96.1 cm³/mol. The quantitative estimate of drug-likeness (QED) is 0.727. The van der Waals surface area contributed by atoms with Crippen LogP contribution >= 0.6 is 0 Å². The Morgan fingerprint density at radius 2 is 2.18 bits per heavy atom. The lowest BCUT2D eigenvalue weighted by molar-refractivity contribution is 0.102. The monoisotopic (exact) mass is 382 g/mol. The van der Waals surface area contributed by atoms with E-state index in [-0.39, 0.29) is 23.9 Å². The molecule has 1 fully saturated rings. The lowest BCUT2D eigenvalue weighted by atomic mass is 10.1. The minimum absolute atomic E-state index is 0.129. The lowest BCUT2D eigenvalue weighted by Crippen LogP contribution is -2.16. The fourth-order valence-electron chi connectivity index (χ4n) is 3.99. The molecule has 1 saturated carbocycles. The second kappa shape index (κ2) is 6.20. The number of aliphatic hydroxyl groups is 1. The van der Waals surface area contributed by atoms with E-state index in [1.807, 2.05) is 0 Å². The minimum atomic E-state index is -0.724. The number of aromatic nitrogens is 3. The number of nitrogens with one attached hydrogen (secondary N) is 1. The molecule has 6 nitrogen and oxygen atoms in total. The average Bonchev–Trinajstić information content (AvgIpc) is 3.18. The second-order valence-corrected chi connectivity index (χ2v) is 7.17. The molecule has 3 aromatic rings. The first-order chi connectivity index (χ1) is 13.6. The number of nitrogens with zero attached hydrogens (tertiary/aromatic N) is 3. The molecule has 0 spiro atoms. The van der Waals surface area contributed by atoms with Crippen molar-refractivity contribution in [3.05, 3.63) is 70.8 Å². The van der Waals surface area contributed by atoms with E-state index in [2.05, 4.69) is 15.4 Å². The molecule has 1 amide bonds. The van der Waals surface area contributed by atoms with Crippen LogP contribution in [-0.2, 0) is 13.0 Å². The van der Waals surface area contributed by atoms with Gasteiger partial charge in [-0.15, -0.1) is 0 Å². The number of halogens is 2. The Hall–Kier alpha value is -3.13. The van der Waals surface area contributed by atoms with Gasteiger partial charge in [-0.2, -0.15) is 5.10 Å². The summed E-state index contributed by atoms with van der Waals surface area (Å²) in [6.45, 7) is -0.263. The average molecular weight is 382 g/mol. The van der Waals surface area contributed by atoms with Gasteiger partial charge in [0.2, 0.25) is 0 Å². The third-order valence-corrected chi connectivity index (χ3v) is 5.44. The van der Waals surface area contributed by atoms with Crippen LogP contribution in [0.15, 0.2) is 36.7 Å². The van der Waals surface area contributed by atoms with Crippen molar-refractivity contribution >= 4 is 11.6 Å². The number of anilines is 1. The van der Waals surface area contributed by atoms with Crippen LogP contribution in [0.2, 0.25) is 0 Å². The highest BCUT2D eigenvalue weighted by atomic mass is 19.1. The van der Waals surface area contributed by atoms with E-state index in [1.54, 1.807) is 6.07 Å². The number of aliphatic hydroxyl groups excluding tert-OH is 1. The summed E-state index contributed by atoms with van der Waals surface area (Å²) in [5.41, 5.74) is 2.93. The maximum atomic E-state index is 14.4. The Morgan fingerprint density at radius 1 is 1.32 bits per heavy atom. The van der Waals surface area contributed by atoms with Crippen molar-refractivity contribution in [1.29, 1.82) is 0 Å². The third kappa shape index (κ3) is 2.60. The van der Waals surface area contributed by atoms with Crippen LogP contribution in [0.4, 0.5) is 14.5 Å². The number of benzene rings is 1. The van der Waals surface area contributed by atoms with Gasteiger partial charge in [-0.25, -0.2) is 13.5 Å². The number of hydrogen-bond acceptors (Lipinski definition) is 4. The van der Waals surface area contributed by atoms with E-state index >= 15 is 0 Å². The van der Waals surface area contributed by atoms with Crippen molar-refractivity contribution in [3.63, 3.8) is 0 Å². The van der Waals surface area contributed by atoms with Gasteiger partial charge in [0.1, 0.15) is 11.5 Å². The van der Waals surface area contributed by atoms with Crippen LogP contribution in [0.1, 0.15) is 39.6 Å². The molecule has 2 aliphatic carbocycles. The first-order valence-electron chi connectivity index (χ1n) is 8.99. The number of fused-ring (bicyclic) bond motifs is 3. The topological polar surface area (TPSA) is 80.0 Å². The van der Waals surface area contributed by atoms with Crippen LogP contribution in [-0.4, -0.2) is 25.8 Å². The molecule has 0 saturated heterocycles. The van der Waals surface area contributed by atoms with Gasteiger partial charge < -0.3 is 10.4 Å². The zero-order valence-electron chi connectivity index (χ0n) is 14.7. The lowest BCUT2D eigenvalue weighted by Gasteiger charge is -2.08. The van der Waals surface area contributed by atoms with Crippen molar-refractivity contribution in [3.8, 4) is 5.69 Å². The summed E-state index contributed by atoms with van der Waals surface area (Å²) in [5, 5.41) is 16.6. The van der Waals surface area contributed by atoms with Gasteiger partial charge in [0, 0.05) is 41.2 Å². The fraction of sp³-hybridized carbons (Fsp3) is 0.250. The van der Waals surface area contributed by atoms with Crippen LogP contribution < -0.4 is 5.32 Å². The van der Waals surface area contributed by atoms with Crippen LogP contribution in [0.25, 0.3) is 5.69 Å². The van der Waals surface area contributed by atoms with E-state index in [0.29, 0.717) is 17.2 Å². The molecular formula is C20H16F2N4O2. The van der Waals surface area contributed by atoms with Gasteiger partial charge in [-0.1, -0.05) is 0 Å². The van der Waals surface area contributed by atoms with Crippen molar-refractivity contribution in [1.82, 2.24) is 14.8 Å². The Bertz CT molecular complexity index is 1110. The summed E-state index contributed by atoms with van der Waals surface area (Å²) in [6, 6.07) is 4.92. The molecule has 2 aromatic heterocycles. The van der Waals surface area contributed by atoms with Gasteiger partial charge in [0.25, 0.3) is 5.91 Å². The molecule has 8 heteroatoms. The molecule has 2 N–H and O–H groups in total. The number of amides is 1. The van der Waals surface area contributed by atoms with E-state index in [9.17, 15) is 18.7 Å². The summed E-state index contributed by atoms with van der Waals surface area (Å²) >= 11 is 0. The predicted octanol–water partition coefficient (Wildman–Crippen LogP) is 2.95. The van der Waals surface area contributed by atoms with Gasteiger partial charge in [-0.05, 0) is 37.0 Å². The highest BCUT2D eigenvalue weighted by molar-refractivity contribution is 6.04. The van der Waals surface area contributed by atoms with Gasteiger partial charge in [-0.3, -0.25) is 9.78 Å². The Balaban J connectivity index is 1.56. The molecule has 5 rings (SSSR count). The van der Waals surface area contributed by atoms with Gasteiger partial charge in [0.15, 0.2) is 11.5 Å². The Morgan fingerprint density at radius 3 is 2.96 bits per heavy atom. The second-order valence-electron chi connectivity index (χ2n) is 7.17. The van der Waals surface area contributed by atoms with Gasteiger partial charge in [0.05, 0.1) is 12.3 Å². The maximum absolute atomic E-state index is 14.4. The number of rotatable bonds is 4. The Kier molecular flexibility index (Phi) is 3.77. The number of carbonyl (C=O) groups excluding carboxylic acids is 1. The highest BCUT2D eigenvalue weighted by Gasteiger charge is 2.50. The largest absolute Gasteiger partial charge is 0.392 e. The summed E-state index contributed by atoms with van der Waals surface area (Å²) in [5.74, 6) is -1.12. The first-order valence-corrected chi connectivity index (χ1v) is 8.99. The maximum Gasteiger partial charge on any atom is 0.276 e. The summed E-state index contributed by atoms with van der Waals surface area (Å²) in [7, 11) is 0.